The molecule has 0 amide bonds. The summed E-state index contributed by atoms with van der Waals surface area (Å²) in [6.07, 6.45) is 0.893. The van der Waals surface area contributed by atoms with Crippen LogP contribution in [0.1, 0.15) is 5.56 Å². The number of rotatable bonds is 5. The first-order chi connectivity index (χ1) is 14.0. The van der Waals surface area contributed by atoms with E-state index in [0.717, 1.165) is 10.9 Å². The van der Waals surface area contributed by atoms with Gasteiger partial charge in [-0.15, -0.1) is 0 Å². The smallest absolute Gasteiger partial charge is 0.156 e. The van der Waals surface area contributed by atoms with Gasteiger partial charge in [-0.1, -0.05) is 0 Å². The number of pyridine rings is 1. The van der Waals surface area contributed by atoms with Crippen molar-refractivity contribution in [2.24, 2.45) is 12.8 Å². The lowest BCUT2D eigenvalue weighted by molar-refractivity contribution is 0.164. The van der Waals surface area contributed by atoms with Crippen LogP contribution in [0.15, 0.2) is 30.6 Å². The maximum Gasteiger partial charge on any atom is 0.156 e. The van der Waals surface area contributed by atoms with Gasteiger partial charge in [0.25, 0.3) is 0 Å². The van der Waals surface area contributed by atoms with Crippen molar-refractivity contribution < 1.29 is 9.50 Å². The number of hydrogen-bond acceptors (Lipinski definition) is 6. The van der Waals surface area contributed by atoms with Crippen molar-refractivity contribution in [2.75, 3.05) is 18.9 Å². The molecule has 0 aliphatic carbocycles. The lowest BCUT2D eigenvalue weighted by Crippen LogP contribution is -2.25. The van der Waals surface area contributed by atoms with E-state index < -0.39 is 11.9 Å². The molecule has 0 saturated heterocycles. The van der Waals surface area contributed by atoms with Gasteiger partial charge >= 0.3 is 0 Å². The molecule has 8 nitrogen and oxygen atoms in total. The highest BCUT2D eigenvalue weighted by molar-refractivity contribution is 6.07. The van der Waals surface area contributed by atoms with Crippen molar-refractivity contribution in [2.45, 2.75) is 12.6 Å². The Morgan fingerprint density at radius 1 is 1.34 bits per heavy atom. The minimum absolute atomic E-state index is 0.0680. The fraction of sp³-hybridized carbons (Fsp3) is 0.250. The van der Waals surface area contributed by atoms with E-state index in [1.54, 1.807) is 24.0 Å². The van der Waals surface area contributed by atoms with Gasteiger partial charge in [0.15, 0.2) is 5.82 Å². The Morgan fingerprint density at radius 3 is 2.83 bits per heavy atom. The molecule has 0 saturated carbocycles. The molecule has 0 spiro atoms. The molecule has 0 radical (unpaired) electrons. The van der Waals surface area contributed by atoms with E-state index in [1.807, 2.05) is 23.8 Å². The van der Waals surface area contributed by atoms with Crippen LogP contribution in [-0.4, -0.2) is 43.9 Å². The molecule has 1 atom stereocenters. The predicted octanol–water partition coefficient (Wildman–Crippen LogP) is 1.96. The van der Waals surface area contributed by atoms with E-state index >= 15 is 0 Å². The number of nitriles is 1. The van der Waals surface area contributed by atoms with Crippen LogP contribution in [0.2, 0.25) is 0 Å². The summed E-state index contributed by atoms with van der Waals surface area (Å²) in [5.41, 5.74) is 9.17. The van der Waals surface area contributed by atoms with Crippen LogP contribution in [0.4, 0.5) is 10.2 Å². The van der Waals surface area contributed by atoms with Crippen LogP contribution in [0.25, 0.3) is 33.3 Å². The van der Waals surface area contributed by atoms with Crippen LogP contribution < -0.4 is 11.1 Å². The van der Waals surface area contributed by atoms with Crippen LogP contribution in [0.3, 0.4) is 0 Å². The number of nitrogens with zero attached hydrogens (tertiary/aromatic N) is 5. The summed E-state index contributed by atoms with van der Waals surface area (Å²) < 4.78 is 17.8. The maximum absolute atomic E-state index is 14.1. The SMILES string of the molecule is CNc1nc2c(cc(-c3cc(F)cc(C#N)c3)n2CC(O)CN)c2c1ncn2C. The number of fused-ring (bicyclic) bond motifs is 3. The molecule has 0 aliphatic heterocycles. The molecule has 9 heteroatoms. The van der Waals surface area contributed by atoms with E-state index in [-0.39, 0.29) is 18.7 Å². The number of nitrogens with two attached hydrogens (primary N) is 1. The van der Waals surface area contributed by atoms with E-state index in [2.05, 4.69) is 10.3 Å². The standard InChI is InChI=1S/C20H20FN7O/c1-24-19-17-18(27(2)10-25-17)15-6-16(12-3-11(7-22)4-13(21)5-12)28(20(15)26-19)9-14(29)8-23/h3-6,10,14,29H,8-9,23H2,1-2H3,(H,24,26). The van der Waals surface area contributed by atoms with Crippen molar-refractivity contribution in [1.82, 2.24) is 19.1 Å². The molecular formula is C20H20FN7O. The van der Waals surface area contributed by atoms with Crippen LogP contribution in [0.5, 0.6) is 0 Å². The first kappa shape index (κ1) is 18.9. The molecule has 1 aromatic carbocycles. The number of imidazole rings is 1. The highest BCUT2D eigenvalue weighted by Gasteiger charge is 2.21. The molecule has 4 aromatic rings. The number of benzene rings is 1. The van der Waals surface area contributed by atoms with Crippen LogP contribution >= 0.6 is 0 Å². The Bertz CT molecular complexity index is 1270. The average molecular weight is 393 g/mol. The molecule has 3 heterocycles. The monoisotopic (exact) mass is 393 g/mol. The topological polar surface area (TPSA) is 118 Å². The third kappa shape index (κ3) is 3.08. The van der Waals surface area contributed by atoms with Crippen LogP contribution in [-0.2, 0) is 13.6 Å². The lowest BCUT2D eigenvalue weighted by atomic mass is 10.1. The number of aliphatic hydroxyl groups is 1. The van der Waals surface area contributed by atoms with Gasteiger partial charge < -0.3 is 25.3 Å². The second kappa shape index (κ2) is 7.16. The van der Waals surface area contributed by atoms with Gasteiger partial charge in [-0.05, 0) is 24.3 Å². The number of aromatic nitrogens is 4. The predicted molar refractivity (Wildman–Crippen MR) is 109 cm³/mol. The second-order valence-corrected chi connectivity index (χ2v) is 6.87. The minimum Gasteiger partial charge on any atom is -0.390 e. The van der Waals surface area contributed by atoms with Gasteiger partial charge in [-0.3, -0.25) is 0 Å². The molecular weight excluding hydrogens is 373 g/mol. The van der Waals surface area contributed by atoms with Gasteiger partial charge in [0.1, 0.15) is 17.0 Å². The Balaban J connectivity index is 2.10. The molecule has 0 aliphatic rings. The van der Waals surface area contributed by atoms with Gasteiger partial charge in [-0.25, -0.2) is 14.4 Å². The average Bonchev–Trinajstić information content (AvgIpc) is 3.27. The molecule has 148 valence electrons. The number of halogens is 1. The first-order valence-corrected chi connectivity index (χ1v) is 9.08. The fourth-order valence-electron chi connectivity index (χ4n) is 3.60. The van der Waals surface area contributed by atoms with E-state index in [1.165, 1.54) is 12.1 Å². The largest absolute Gasteiger partial charge is 0.390 e. The number of hydrogen-bond donors (Lipinski definition) is 3. The zero-order valence-electron chi connectivity index (χ0n) is 16.0. The summed E-state index contributed by atoms with van der Waals surface area (Å²) in [6, 6.07) is 8.01. The van der Waals surface area contributed by atoms with Crippen molar-refractivity contribution in [3.8, 4) is 17.3 Å². The first-order valence-electron chi connectivity index (χ1n) is 9.08. The molecule has 0 bridgehead atoms. The summed E-state index contributed by atoms with van der Waals surface area (Å²) in [5.74, 6) is 0.0861. The Morgan fingerprint density at radius 2 is 2.14 bits per heavy atom. The third-order valence-corrected chi connectivity index (χ3v) is 4.93. The maximum atomic E-state index is 14.1. The molecule has 4 rings (SSSR count). The Labute approximate surface area is 166 Å². The second-order valence-electron chi connectivity index (χ2n) is 6.87. The summed E-state index contributed by atoms with van der Waals surface area (Å²) in [7, 11) is 3.65. The van der Waals surface area contributed by atoms with Gasteiger partial charge in [0, 0.05) is 31.6 Å². The number of aryl methyl sites for hydroxylation is 1. The Kier molecular flexibility index (Phi) is 4.66. The molecule has 3 aromatic heterocycles. The van der Waals surface area contributed by atoms with Crippen molar-refractivity contribution in [3.05, 3.63) is 42.0 Å². The third-order valence-electron chi connectivity index (χ3n) is 4.93. The summed E-state index contributed by atoms with van der Waals surface area (Å²) in [6.45, 7) is 0.242. The zero-order valence-corrected chi connectivity index (χ0v) is 16.0. The molecule has 0 fully saturated rings. The quantitative estimate of drug-likeness (QED) is 0.477. The summed E-state index contributed by atoms with van der Waals surface area (Å²) in [4.78, 5) is 9.12. The van der Waals surface area contributed by atoms with Gasteiger partial charge in [0.2, 0.25) is 0 Å². The van der Waals surface area contributed by atoms with Gasteiger partial charge in [0.05, 0.1) is 41.8 Å². The van der Waals surface area contributed by atoms with E-state index in [4.69, 9.17) is 10.7 Å². The molecule has 4 N–H and O–H groups in total. The van der Waals surface area contributed by atoms with E-state index in [0.29, 0.717) is 28.2 Å². The highest BCUT2D eigenvalue weighted by Crippen LogP contribution is 2.35. The summed E-state index contributed by atoms with van der Waals surface area (Å²) in [5, 5.41) is 23.3. The molecule has 1 unspecified atom stereocenters. The Hall–Kier alpha value is -3.48. The van der Waals surface area contributed by atoms with Crippen molar-refractivity contribution in [3.63, 3.8) is 0 Å². The van der Waals surface area contributed by atoms with Crippen LogP contribution in [0, 0.1) is 17.1 Å². The summed E-state index contributed by atoms with van der Waals surface area (Å²) >= 11 is 0. The molecule has 29 heavy (non-hydrogen) atoms. The van der Waals surface area contributed by atoms with Gasteiger partial charge in [-0.2, -0.15) is 5.26 Å². The van der Waals surface area contributed by atoms with Crippen molar-refractivity contribution in [1.29, 1.82) is 5.26 Å². The normalized spacial score (nSPS) is 12.4. The zero-order chi connectivity index (χ0) is 20.7. The fourth-order valence-corrected chi connectivity index (χ4v) is 3.60. The van der Waals surface area contributed by atoms with E-state index in [9.17, 15) is 14.8 Å². The lowest BCUT2D eigenvalue weighted by Gasteiger charge is -2.15. The van der Waals surface area contributed by atoms with Crippen molar-refractivity contribution >= 4 is 27.9 Å². The minimum atomic E-state index is -0.810. The number of nitrogens with one attached hydrogen (secondary N) is 1. The number of aliphatic hydroxyl groups excluding tert-OH is 1. The highest BCUT2D eigenvalue weighted by atomic mass is 19.1. The number of anilines is 1.